The molecule has 0 unspecified atom stereocenters. The lowest BCUT2D eigenvalue weighted by Crippen LogP contribution is -2.31. The van der Waals surface area contributed by atoms with Gasteiger partial charge in [0.2, 0.25) is 0 Å². The zero-order valence-electron chi connectivity index (χ0n) is 16.9. The van der Waals surface area contributed by atoms with E-state index in [2.05, 4.69) is 17.4 Å². The highest BCUT2D eigenvalue weighted by Gasteiger charge is 2.32. The molecule has 1 heterocycles. The molecule has 1 aliphatic heterocycles. The van der Waals surface area contributed by atoms with Crippen molar-refractivity contribution >= 4 is 28.7 Å². The molecule has 6 heteroatoms. The van der Waals surface area contributed by atoms with Crippen LogP contribution in [0.2, 0.25) is 0 Å². The average molecular weight is 418 g/mol. The minimum absolute atomic E-state index is 0.0131. The van der Waals surface area contributed by atoms with Crippen LogP contribution >= 0.6 is 12.2 Å². The van der Waals surface area contributed by atoms with E-state index in [1.54, 1.807) is 14.2 Å². The predicted molar refractivity (Wildman–Crippen MR) is 124 cm³/mol. The van der Waals surface area contributed by atoms with Gasteiger partial charge in [0.25, 0.3) is 0 Å². The molecule has 0 saturated carbocycles. The van der Waals surface area contributed by atoms with Gasteiger partial charge in [-0.15, -0.1) is 0 Å². The van der Waals surface area contributed by atoms with Crippen LogP contribution in [-0.4, -0.2) is 30.1 Å². The van der Waals surface area contributed by atoms with Crippen molar-refractivity contribution in [2.24, 2.45) is 5.10 Å². The molecule has 4 rings (SSSR count). The van der Waals surface area contributed by atoms with E-state index in [0.29, 0.717) is 11.5 Å². The normalized spacial score (nSPS) is 15.5. The first-order chi connectivity index (χ1) is 14.7. The van der Waals surface area contributed by atoms with Crippen LogP contribution in [0.3, 0.4) is 0 Å². The maximum absolute atomic E-state index is 5.74. The molecule has 1 aliphatic rings. The van der Waals surface area contributed by atoms with Crippen LogP contribution in [0, 0.1) is 0 Å². The maximum atomic E-state index is 5.74. The molecule has 0 fully saturated rings. The summed E-state index contributed by atoms with van der Waals surface area (Å²) in [4.78, 5) is 0. The molecular formula is C24H23N3O2S. The Morgan fingerprint density at radius 2 is 1.67 bits per heavy atom. The van der Waals surface area contributed by atoms with Crippen LogP contribution in [0.15, 0.2) is 84.0 Å². The van der Waals surface area contributed by atoms with Crippen molar-refractivity contribution in [1.82, 2.24) is 5.01 Å². The van der Waals surface area contributed by atoms with E-state index in [4.69, 9.17) is 26.8 Å². The number of nitrogens with zero attached hydrogens (tertiary/aromatic N) is 2. The summed E-state index contributed by atoms with van der Waals surface area (Å²) < 4.78 is 11.0. The molecule has 152 valence electrons. The monoisotopic (exact) mass is 417 g/mol. The van der Waals surface area contributed by atoms with E-state index in [1.807, 2.05) is 71.7 Å². The number of ether oxygens (including phenoxy) is 2. The van der Waals surface area contributed by atoms with E-state index in [-0.39, 0.29) is 6.04 Å². The van der Waals surface area contributed by atoms with Crippen molar-refractivity contribution in [3.05, 3.63) is 90.0 Å². The number of hydrogen-bond donors (Lipinski definition) is 1. The second kappa shape index (κ2) is 8.97. The predicted octanol–water partition coefficient (Wildman–Crippen LogP) is 5.25. The summed E-state index contributed by atoms with van der Waals surface area (Å²) in [7, 11) is 3.31. The van der Waals surface area contributed by atoms with Gasteiger partial charge in [-0.1, -0.05) is 48.5 Å². The van der Waals surface area contributed by atoms with Crippen LogP contribution in [0.1, 0.15) is 23.6 Å². The molecule has 1 N–H and O–H groups in total. The molecule has 5 nitrogen and oxygen atoms in total. The molecule has 0 amide bonds. The van der Waals surface area contributed by atoms with Crippen LogP contribution < -0.4 is 14.8 Å². The Hall–Kier alpha value is -3.38. The highest BCUT2D eigenvalue weighted by Crippen LogP contribution is 2.36. The third kappa shape index (κ3) is 4.14. The third-order valence-electron chi connectivity index (χ3n) is 5.05. The van der Waals surface area contributed by atoms with Crippen molar-refractivity contribution in [2.75, 3.05) is 19.5 Å². The SMILES string of the molecule is COc1ccc(OC)c(C2=NN(C(=S)Nc3ccccc3)[C@H](c3ccccc3)C2)c1. The van der Waals surface area contributed by atoms with Gasteiger partial charge in [-0.3, -0.25) is 0 Å². The topological polar surface area (TPSA) is 46.1 Å². The molecule has 0 aliphatic carbocycles. The largest absolute Gasteiger partial charge is 0.497 e. The van der Waals surface area contributed by atoms with Crippen molar-refractivity contribution in [3.8, 4) is 11.5 Å². The van der Waals surface area contributed by atoms with Crippen LogP contribution in [-0.2, 0) is 0 Å². The minimum Gasteiger partial charge on any atom is -0.497 e. The number of anilines is 1. The number of hydrogen-bond acceptors (Lipinski definition) is 4. The molecule has 3 aromatic carbocycles. The first-order valence-corrected chi connectivity index (χ1v) is 10.1. The van der Waals surface area contributed by atoms with E-state index in [1.165, 1.54) is 0 Å². The zero-order chi connectivity index (χ0) is 20.9. The molecule has 0 aromatic heterocycles. The Balaban J connectivity index is 1.71. The van der Waals surface area contributed by atoms with Gasteiger partial charge in [0.05, 0.1) is 26.0 Å². The summed E-state index contributed by atoms with van der Waals surface area (Å²) in [5.74, 6) is 1.51. The van der Waals surface area contributed by atoms with E-state index >= 15 is 0 Å². The van der Waals surface area contributed by atoms with Gasteiger partial charge in [0.15, 0.2) is 5.11 Å². The van der Waals surface area contributed by atoms with Crippen molar-refractivity contribution < 1.29 is 9.47 Å². The molecule has 0 saturated heterocycles. The maximum Gasteiger partial charge on any atom is 0.194 e. The van der Waals surface area contributed by atoms with Crippen LogP contribution in [0.5, 0.6) is 11.5 Å². The Morgan fingerprint density at radius 3 is 2.33 bits per heavy atom. The molecule has 3 aromatic rings. The number of para-hydroxylation sites is 1. The Kier molecular flexibility index (Phi) is 5.95. The summed E-state index contributed by atoms with van der Waals surface area (Å²) in [5.41, 5.74) is 3.88. The van der Waals surface area contributed by atoms with E-state index < -0.39 is 0 Å². The van der Waals surface area contributed by atoms with Crippen molar-refractivity contribution in [1.29, 1.82) is 0 Å². The smallest absolute Gasteiger partial charge is 0.194 e. The number of thiocarbonyl (C=S) groups is 1. The summed E-state index contributed by atoms with van der Waals surface area (Å²) in [6.45, 7) is 0. The number of rotatable bonds is 5. The van der Waals surface area contributed by atoms with Crippen LogP contribution in [0.25, 0.3) is 0 Å². The zero-order valence-corrected chi connectivity index (χ0v) is 17.7. The number of hydrazone groups is 1. The highest BCUT2D eigenvalue weighted by atomic mass is 32.1. The summed E-state index contributed by atoms with van der Waals surface area (Å²) in [6.07, 6.45) is 0.699. The lowest BCUT2D eigenvalue weighted by molar-refractivity contribution is 0.375. The molecular weight excluding hydrogens is 394 g/mol. The van der Waals surface area contributed by atoms with Gasteiger partial charge >= 0.3 is 0 Å². The first-order valence-electron chi connectivity index (χ1n) is 9.69. The fraction of sp³-hybridized carbons (Fsp3) is 0.167. The van der Waals surface area contributed by atoms with Gasteiger partial charge in [-0.2, -0.15) is 5.10 Å². The Bertz CT molecular complexity index is 1050. The van der Waals surface area contributed by atoms with Crippen molar-refractivity contribution in [3.63, 3.8) is 0 Å². The number of benzene rings is 3. The van der Waals surface area contributed by atoms with Crippen LogP contribution in [0.4, 0.5) is 5.69 Å². The van der Waals surface area contributed by atoms with E-state index in [0.717, 1.165) is 34.0 Å². The molecule has 0 spiro atoms. The van der Waals surface area contributed by atoms with Gasteiger partial charge in [0, 0.05) is 17.7 Å². The fourth-order valence-corrected chi connectivity index (χ4v) is 3.82. The Labute approximate surface area is 181 Å². The quantitative estimate of drug-likeness (QED) is 0.575. The Morgan fingerprint density at radius 1 is 0.967 bits per heavy atom. The fourth-order valence-electron chi connectivity index (χ4n) is 3.54. The highest BCUT2D eigenvalue weighted by molar-refractivity contribution is 7.80. The molecule has 0 radical (unpaired) electrons. The number of methoxy groups -OCH3 is 2. The second-order valence-electron chi connectivity index (χ2n) is 6.88. The van der Waals surface area contributed by atoms with E-state index in [9.17, 15) is 0 Å². The molecule has 1 atom stereocenters. The van der Waals surface area contributed by atoms with Gasteiger partial charge < -0.3 is 14.8 Å². The van der Waals surface area contributed by atoms with Crippen molar-refractivity contribution in [2.45, 2.75) is 12.5 Å². The lowest BCUT2D eigenvalue weighted by atomic mass is 9.98. The van der Waals surface area contributed by atoms with Gasteiger partial charge in [-0.25, -0.2) is 5.01 Å². The first kappa shape index (κ1) is 19.9. The third-order valence-corrected chi connectivity index (χ3v) is 5.33. The summed E-state index contributed by atoms with van der Waals surface area (Å²) >= 11 is 5.74. The molecule has 30 heavy (non-hydrogen) atoms. The van der Waals surface area contributed by atoms with Gasteiger partial charge in [0.1, 0.15) is 11.5 Å². The minimum atomic E-state index is -0.0131. The summed E-state index contributed by atoms with van der Waals surface area (Å²) in [5, 5.41) is 10.6. The standard InChI is InChI=1S/C24H23N3O2S/c1-28-19-13-14-23(29-2)20(15-19)21-16-22(17-9-5-3-6-10-17)27(26-21)24(30)25-18-11-7-4-8-12-18/h3-15,22H,16H2,1-2H3,(H,25,30)/t22-/m0/s1. The average Bonchev–Trinajstić information content (AvgIpc) is 3.25. The lowest BCUT2D eigenvalue weighted by Gasteiger charge is -2.24. The molecule has 0 bridgehead atoms. The second-order valence-corrected chi connectivity index (χ2v) is 7.27. The summed E-state index contributed by atoms with van der Waals surface area (Å²) in [6, 6.07) is 25.9. The van der Waals surface area contributed by atoms with Gasteiger partial charge in [-0.05, 0) is 48.1 Å². The number of nitrogens with one attached hydrogen (secondary N) is 1.